The van der Waals surface area contributed by atoms with E-state index in [-0.39, 0.29) is 0 Å². The summed E-state index contributed by atoms with van der Waals surface area (Å²) in [6.07, 6.45) is 1.19. The summed E-state index contributed by atoms with van der Waals surface area (Å²) in [6, 6.07) is 7.29. The Morgan fingerprint density at radius 1 is 1.26 bits per heavy atom. The number of nitrogens with zero attached hydrogens (tertiary/aromatic N) is 2. The Labute approximate surface area is 127 Å². The van der Waals surface area contributed by atoms with Gasteiger partial charge in [-0.1, -0.05) is 18.6 Å². The van der Waals surface area contributed by atoms with Gasteiger partial charge >= 0.3 is 0 Å². The minimum atomic E-state index is -0.450. The summed E-state index contributed by atoms with van der Waals surface area (Å²) in [6.45, 7) is 9.65. The molecule has 0 fully saturated rings. The van der Waals surface area contributed by atoms with E-state index in [1.807, 2.05) is 0 Å². The SMILES string of the molecule is CCCN(C(C)C)P(Br)c1cc(C)ccc1N(C)C. The third-order valence-electron chi connectivity index (χ3n) is 3.09. The molecule has 0 saturated carbocycles. The Kier molecular flexibility index (Phi) is 6.79. The molecule has 0 heterocycles. The van der Waals surface area contributed by atoms with Crippen LogP contribution in [-0.2, 0) is 0 Å². The molecule has 0 bridgehead atoms. The van der Waals surface area contributed by atoms with Gasteiger partial charge in [-0.05, 0) is 54.8 Å². The van der Waals surface area contributed by atoms with E-state index in [4.69, 9.17) is 0 Å². The van der Waals surface area contributed by atoms with Crippen molar-refractivity contribution in [3.8, 4) is 0 Å². The summed E-state index contributed by atoms with van der Waals surface area (Å²) in [7, 11) is 4.23. The van der Waals surface area contributed by atoms with Crippen molar-refractivity contribution in [3.05, 3.63) is 23.8 Å². The lowest BCUT2D eigenvalue weighted by molar-refractivity contribution is 0.390. The van der Waals surface area contributed by atoms with Crippen molar-refractivity contribution in [1.29, 1.82) is 0 Å². The van der Waals surface area contributed by atoms with Crippen LogP contribution < -0.4 is 10.2 Å². The fourth-order valence-electron chi connectivity index (χ4n) is 2.08. The van der Waals surface area contributed by atoms with Crippen molar-refractivity contribution >= 4 is 33.3 Å². The fourth-order valence-corrected chi connectivity index (χ4v) is 6.33. The lowest BCUT2D eigenvalue weighted by atomic mass is 10.2. The molecule has 0 radical (unpaired) electrons. The molecule has 108 valence electrons. The van der Waals surface area contributed by atoms with Crippen LogP contribution in [0.4, 0.5) is 5.69 Å². The molecule has 0 spiro atoms. The van der Waals surface area contributed by atoms with Crippen molar-refractivity contribution in [3.63, 3.8) is 0 Å². The van der Waals surface area contributed by atoms with Crippen LogP contribution in [0.5, 0.6) is 0 Å². The van der Waals surface area contributed by atoms with Crippen molar-refractivity contribution in [1.82, 2.24) is 4.67 Å². The number of hydrogen-bond acceptors (Lipinski definition) is 2. The summed E-state index contributed by atoms with van der Waals surface area (Å²) in [5, 5.41) is 1.42. The summed E-state index contributed by atoms with van der Waals surface area (Å²) >= 11 is 3.97. The van der Waals surface area contributed by atoms with Gasteiger partial charge < -0.3 is 4.90 Å². The van der Waals surface area contributed by atoms with Gasteiger partial charge in [0.25, 0.3) is 0 Å². The van der Waals surface area contributed by atoms with E-state index in [1.165, 1.54) is 23.0 Å². The lowest BCUT2D eigenvalue weighted by Crippen LogP contribution is -2.30. The maximum atomic E-state index is 3.97. The molecule has 2 nitrogen and oxygen atoms in total. The Morgan fingerprint density at radius 2 is 1.89 bits per heavy atom. The molecule has 0 saturated heterocycles. The summed E-state index contributed by atoms with van der Waals surface area (Å²) in [5.41, 5.74) is 2.64. The lowest BCUT2D eigenvalue weighted by Gasteiger charge is -2.33. The number of benzene rings is 1. The van der Waals surface area contributed by atoms with Crippen molar-refractivity contribution in [2.45, 2.75) is 40.2 Å². The zero-order valence-corrected chi connectivity index (χ0v) is 15.4. The molecule has 0 amide bonds. The van der Waals surface area contributed by atoms with E-state index in [0.29, 0.717) is 6.04 Å². The van der Waals surface area contributed by atoms with E-state index in [2.05, 4.69) is 85.0 Å². The van der Waals surface area contributed by atoms with Crippen molar-refractivity contribution in [2.75, 3.05) is 25.5 Å². The molecule has 0 N–H and O–H groups in total. The van der Waals surface area contributed by atoms with Crippen LogP contribution >= 0.6 is 22.3 Å². The van der Waals surface area contributed by atoms with Gasteiger partial charge in [-0.2, -0.15) is 0 Å². The highest BCUT2D eigenvalue weighted by Gasteiger charge is 2.22. The zero-order chi connectivity index (χ0) is 14.6. The molecular weight excluding hydrogens is 319 g/mol. The summed E-state index contributed by atoms with van der Waals surface area (Å²) in [5.74, 6) is 0. The second kappa shape index (κ2) is 7.61. The van der Waals surface area contributed by atoms with Crippen molar-refractivity contribution < 1.29 is 0 Å². The highest BCUT2D eigenvalue weighted by Crippen LogP contribution is 2.50. The molecule has 19 heavy (non-hydrogen) atoms. The van der Waals surface area contributed by atoms with Crippen LogP contribution in [0, 0.1) is 6.92 Å². The average molecular weight is 345 g/mol. The normalized spacial score (nSPS) is 13.1. The minimum Gasteiger partial charge on any atom is -0.377 e. The third kappa shape index (κ3) is 4.44. The fraction of sp³-hybridized carbons (Fsp3) is 0.600. The van der Waals surface area contributed by atoms with Crippen LogP contribution in [-0.4, -0.2) is 31.4 Å². The van der Waals surface area contributed by atoms with Gasteiger partial charge in [-0.15, -0.1) is 0 Å². The second-order valence-corrected chi connectivity index (χ2v) is 8.93. The highest BCUT2D eigenvalue weighted by atomic mass is 79.9. The van der Waals surface area contributed by atoms with Gasteiger partial charge in [0.15, 0.2) is 0 Å². The maximum absolute atomic E-state index is 3.97. The Morgan fingerprint density at radius 3 is 2.37 bits per heavy atom. The van der Waals surface area contributed by atoms with Crippen LogP contribution in [0.15, 0.2) is 18.2 Å². The van der Waals surface area contributed by atoms with E-state index in [9.17, 15) is 0 Å². The quantitative estimate of drug-likeness (QED) is 0.700. The van der Waals surface area contributed by atoms with Crippen LogP contribution in [0.1, 0.15) is 32.8 Å². The van der Waals surface area contributed by atoms with E-state index in [0.717, 1.165) is 6.54 Å². The molecule has 1 aromatic carbocycles. The molecule has 0 aliphatic rings. The molecule has 0 aliphatic carbocycles. The number of anilines is 1. The van der Waals surface area contributed by atoms with Gasteiger partial charge in [-0.3, -0.25) is 4.67 Å². The predicted molar refractivity (Wildman–Crippen MR) is 93.1 cm³/mol. The number of aryl methyl sites for hydroxylation is 1. The van der Waals surface area contributed by atoms with Crippen LogP contribution in [0.3, 0.4) is 0 Å². The summed E-state index contributed by atoms with van der Waals surface area (Å²) < 4.78 is 2.57. The topological polar surface area (TPSA) is 6.48 Å². The minimum absolute atomic E-state index is 0.450. The van der Waals surface area contributed by atoms with Gasteiger partial charge in [0.1, 0.15) is 0 Å². The van der Waals surface area contributed by atoms with Gasteiger partial charge in [0, 0.05) is 37.7 Å². The Bertz CT molecular complexity index is 407. The first-order chi connectivity index (χ1) is 8.88. The highest BCUT2D eigenvalue weighted by molar-refractivity contribution is 9.39. The standard InChI is InChI=1S/C15H26BrN2P/c1-7-10-18(12(2)3)19(16)15-11-13(4)8-9-14(15)17(5)6/h8-9,11-12H,7,10H2,1-6H3. The zero-order valence-electron chi connectivity index (χ0n) is 12.9. The largest absolute Gasteiger partial charge is 0.377 e. The molecule has 1 aromatic rings. The molecular formula is C15H26BrN2P. The van der Waals surface area contributed by atoms with Crippen molar-refractivity contribution in [2.24, 2.45) is 0 Å². The monoisotopic (exact) mass is 344 g/mol. The second-order valence-electron chi connectivity index (χ2n) is 5.40. The number of rotatable bonds is 6. The number of halogens is 1. The van der Waals surface area contributed by atoms with Gasteiger partial charge in [-0.25, -0.2) is 0 Å². The van der Waals surface area contributed by atoms with Crippen LogP contribution in [0.2, 0.25) is 0 Å². The van der Waals surface area contributed by atoms with E-state index >= 15 is 0 Å². The van der Waals surface area contributed by atoms with E-state index < -0.39 is 6.77 Å². The first-order valence-corrected chi connectivity index (χ1v) is 10.2. The Balaban J connectivity index is 3.15. The van der Waals surface area contributed by atoms with Gasteiger partial charge in [0.05, 0.1) is 6.77 Å². The third-order valence-corrected chi connectivity index (χ3v) is 7.32. The summed E-state index contributed by atoms with van der Waals surface area (Å²) in [4.78, 5) is 2.20. The molecule has 0 aliphatic heterocycles. The number of hydrogen-bond donors (Lipinski definition) is 0. The Hall–Kier alpha value is -0.110. The van der Waals surface area contributed by atoms with E-state index in [1.54, 1.807) is 0 Å². The first-order valence-electron chi connectivity index (χ1n) is 6.88. The smallest absolute Gasteiger partial charge is 0.0704 e. The van der Waals surface area contributed by atoms with Crippen LogP contribution in [0.25, 0.3) is 0 Å². The average Bonchev–Trinajstić information content (AvgIpc) is 2.34. The molecule has 1 unspecified atom stereocenters. The molecule has 1 atom stereocenters. The molecule has 1 rings (SSSR count). The molecule has 0 aromatic heterocycles. The van der Waals surface area contributed by atoms with Gasteiger partial charge in [0.2, 0.25) is 0 Å². The first kappa shape index (κ1) is 16.9. The maximum Gasteiger partial charge on any atom is 0.0704 e. The molecule has 4 heteroatoms. The predicted octanol–water partition coefficient (Wildman–Crippen LogP) is 4.51.